The van der Waals surface area contributed by atoms with E-state index < -0.39 is 21.7 Å². The quantitative estimate of drug-likeness (QED) is 0.584. The van der Waals surface area contributed by atoms with Gasteiger partial charge in [0.05, 0.1) is 33.7 Å². The molecule has 0 radical (unpaired) electrons. The Kier molecular flexibility index (Phi) is 6.59. The molecule has 3 aromatic rings. The average Bonchev–Trinajstić information content (AvgIpc) is 2.75. The standard InChI is InChI=1S/C22H17ClFN3O3S/c1-27(18-8-4-16(24)5-9-18)31(29,30)19-10-11-21(23)20(14-19)22(28)26-17-6-2-15(3-7-17)12-13-25/h2-11,14H,12H2,1H3,(H,26,28). The van der Waals surface area contributed by atoms with Crippen molar-refractivity contribution in [1.29, 1.82) is 5.26 Å². The summed E-state index contributed by atoms with van der Waals surface area (Å²) in [5.74, 6) is -1.07. The predicted octanol–water partition coefficient (Wildman–Crippen LogP) is 4.62. The van der Waals surface area contributed by atoms with Gasteiger partial charge in [0.15, 0.2) is 0 Å². The van der Waals surface area contributed by atoms with E-state index in [1.165, 1.54) is 37.4 Å². The molecule has 0 fully saturated rings. The summed E-state index contributed by atoms with van der Waals surface area (Å²) in [6.45, 7) is 0. The highest BCUT2D eigenvalue weighted by atomic mass is 35.5. The number of nitrogens with zero attached hydrogens (tertiary/aromatic N) is 2. The number of hydrogen-bond acceptors (Lipinski definition) is 4. The number of amides is 1. The van der Waals surface area contributed by atoms with Gasteiger partial charge < -0.3 is 5.32 Å². The number of halogens is 2. The van der Waals surface area contributed by atoms with Crippen LogP contribution < -0.4 is 9.62 Å². The van der Waals surface area contributed by atoms with Crippen molar-refractivity contribution in [1.82, 2.24) is 0 Å². The first-order chi connectivity index (χ1) is 14.7. The van der Waals surface area contributed by atoms with E-state index in [1.54, 1.807) is 24.3 Å². The van der Waals surface area contributed by atoms with Gasteiger partial charge >= 0.3 is 0 Å². The molecule has 0 bridgehead atoms. The molecule has 9 heteroatoms. The van der Waals surface area contributed by atoms with Gasteiger partial charge in [-0.25, -0.2) is 12.8 Å². The van der Waals surface area contributed by atoms with Crippen molar-refractivity contribution in [2.75, 3.05) is 16.7 Å². The van der Waals surface area contributed by atoms with Crippen LogP contribution in [0.25, 0.3) is 0 Å². The number of sulfonamides is 1. The van der Waals surface area contributed by atoms with Crippen molar-refractivity contribution in [2.45, 2.75) is 11.3 Å². The lowest BCUT2D eigenvalue weighted by molar-refractivity contribution is 0.102. The minimum Gasteiger partial charge on any atom is -0.322 e. The lowest BCUT2D eigenvalue weighted by atomic mass is 10.1. The number of rotatable bonds is 6. The Morgan fingerprint density at radius 1 is 1.10 bits per heavy atom. The molecule has 1 N–H and O–H groups in total. The summed E-state index contributed by atoms with van der Waals surface area (Å²) in [5, 5.41) is 11.5. The monoisotopic (exact) mass is 457 g/mol. The molecule has 0 atom stereocenters. The van der Waals surface area contributed by atoms with Gasteiger partial charge in [-0.3, -0.25) is 9.10 Å². The van der Waals surface area contributed by atoms with Gasteiger partial charge in [-0.2, -0.15) is 5.26 Å². The number of benzene rings is 3. The van der Waals surface area contributed by atoms with Gasteiger partial charge in [-0.05, 0) is 60.2 Å². The normalized spacial score (nSPS) is 10.9. The number of hydrogen-bond donors (Lipinski definition) is 1. The van der Waals surface area contributed by atoms with Gasteiger partial charge in [0.2, 0.25) is 0 Å². The molecule has 0 saturated carbocycles. The molecule has 3 aromatic carbocycles. The SMILES string of the molecule is CN(c1ccc(F)cc1)S(=O)(=O)c1ccc(Cl)c(C(=O)Nc2ccc(CC#N)cc2)c1. The Morgan fingerprint density at radius 2 is 1.74 bits per heavy atom. The first kappa shape index (κ1) is 22.3. The number of nitriles is 1. The molecule has 0 heterocycles. The molecular formula is C22H17ClFN3O3S. The van der Waals surface area contributed by atoms with Gasteiger partial charge in [-0.15, -0.1) is 0 Å². The van der Waals surface area contributed by atoms with Crippen molar-refractivity contribution in [2.24, 2.45) is 0 Å². The fourth-order valence-corrected chi connectivity index (χ4v) is 4.21. The zero-order valence-corrected chi connectivity index (χ0v) is 17.9. The zero-order chi connectivity index (χ0) is 22.6. The second-order valence-electron chi connectivity index (χ2n) is 6.58. The van der Waals surface area contributed by atoms with Crippen molar-refractivity contribution in [3.8, 4) is 6.07 Å². The molecule has 3 rings (SSSR count). The summed E-state index contributed by atoms with van der Waals surface area (Å²) in [7, 11) is -2.69. The molecule has 0 unspecified atom stereocenters. The summed E-state index contributed by atoms with van der Waals surface area (Å²) >= 11 is 6.14. The predicted molar refractivity (Wildman–Crippen MR) is 117 cm³/mol. The lowest BCUT2D eigenvalue weighted by Gasteiger charge is -2.20. The van der Waals surface area contributed by atoms with E-state index in [4.69, 9.17) is 16.9 Å². The van der Waals surface area contributed by atoms with Crippen molar-refractivity contribution in [3.05, 3.63) is 88.7 Å². The second kappa shape index (κ2) is 9.16. The zero-order valence-electron chi connectivity index (χ0n) is 16.3. The van der Waals surface area contributed by atoms with Crippen molar-refractivity contribution >= 4 is 38.9 Å². The number of nitrogens with one attached hydrogen (secondary N) is 1. The summed E-state index contributed by atoms with van der Waals surface area (Å²) in [6.07, 6.45) is 0.252. The Hall–Kier alpha value is -3.41. The highest BCUT2D eigenvalue weighted by Crippen LogP contribution is 2.26. The maximum absolute atomic E-state index is 13.2. The number of anilines is 2. The van der Waals surface area contributed by atoms with Crippen LogP contribution in [0.1, 0.15) is 15.9 Å². The van der Waals surface area contributed by atoms with Gasteiger partial charge in [0.1, 0.15) is 5.82 Å². The van der Waals surface area contributed by atoms with E-state index in [1.807, 2.05) is 6.07 Å². The molecule has 0 aliphatic rings. The Labute approximate surface area is 184 Å². The average molecular weight is 458 g/mol. The fourth-order valence-electron chi connectivity index (χ4n) is 2.78. The molecule has 158 valence electrons. The third-order valence-electron chi connectivity index (χ3n) is 4.53. The summed E-state index contributed by atoms with van der Waals surface area (Å²) in [6, 6.07) is 17.5. The van der Waals surface area contributed by atoms with Crippen LogP contribution in [0.5, 0.6) is 0 Å². The van der Waals surface area contributed by atoms with Crippen molar-refractivity contribution in [3.63, 3.8) is 0 Å². The molecule has 0 saturated heterocycles. The molecular weight excluding hydrogens is 441 g/mol. The highest BCUT2D eigenvalue weighted by Gasteiger charge is 2.24. The van der Waals surface area contributed by atoms with Crippen molar-refractivity contribution < 1.29 is 17.6 Å². The summed E-state index contributed by atoms with van der Waals surface area (Å²) in [5.41, 5.74) is 1.52. The molecule has 0 aliphatic carbocycles. The maximum atomic E-state index is 13.2. The number of carbonyl (C=O) groups is 1. The summed E-state index contributed by atoms with van der Waals surface area (Å²) < 4.78 is 40.1. The molecule has 0 aromatic heterocycles. The van der Waals surface area contributed by atoms with E-state index in [9.17, 15) is 17.6 Å². The van der Waals surface area contributed by atoms with E-state index in [0.29, 0.717) is 5.69 Å². The third-order valence-corrected chi connectivity index (χ3v) is 6.64. The molecule has 31 heavy (non-hydrogen) atoms. The Balaban J connectivity index is 1.87. The topological polar surface area (TPSA) is 90.3 Å². The van der Waals surface area contributed by atoms with Crippen LogP contribution in [-0.4, -0.2) is 21.4 Å². The van der Waals surface area contributed by atoms with Crippen LogP contribution in [0, 0.1) is 17.1 Å². The fraction of sp³-hybridized carbons (Fsp3) is 0.0909. The van der Waals surface area contributed by atoms with Gasteiger partial charge in [0.25, 0.3) is 15.9 Å². The molecule has 0 aliphatic heterocycles. The second-order valence-corrected chi connectivity index (χ2v) is 8.95. The Bertz CT molecular complexity index is 1250. The van der Waals surface area contributed by atoms with Crippen LogP contribution >= 0.6 is 11.6 Å². The van der Waals surface area contributed by atoms with Crippen LogP contribution in [0.15, 0.2) is 71.6 Å². The maximum Gasteiger partial charge on any atom is 0.264 e. The van der Waals surface area contributed by atoms with E-state index in [2.05, 4.69) is 5.32 Å². The van der Waals surface area contributed by atoms with Crippen LogP contribution in [0.3, 0.4) is 0 Å². The highest BCUT2D eigenvalue weighted by molar-refractivity contribution is 7.92. The minimum absolute atomic E-state index is 0.0173. The van der Waals surface area contributed by atoms with Gasteiger partial charge in [0, 0.05) is 12.7 Å². The van der Waals surface area contributed by atoms with E-state index in [-0.39, 0.29) is 27.6 Å². The summed E-state index contributed by atoms with van der Waals surface area (Å²) in [4.78, 5) is 12.6. The van der Waals surface area contributed by atoms with E-state index >= 15 is 0 Å². The smallest absolute Gasteiger partial charge is 0.264 e. The van der Waals surface area contributed by atoms with Crippen LogP contribution in [-0.2, 0) is 16.4 Å². The lowest BCUT2D eigenvalue weighted by Crippen LogP contribution is -2.27. The minimum atomic E-state index is -4.02. The van der Waals surface area contributed by atoms with Gasteiger partial charge in [-0.1, -0.05) is 23.7 Å². The molecule has 6 nitrogen and oxygen atoms in total. The van der Waals surface area contributed by atoms with Crippen LogP contribution in [0.2, 0.25) is 5.02 Å². The first-order valence-electron chi connectivity index (χ1n) is 9.03. The Morgan fingerprint density at radius 3 is 2.35 bits per heavy atom. The third kappa shape index (κ3) is 5.02. The largest absolute Gasteiger partial charge is 0.322 e. The first-order valence-corrected chi connectivity index (χ1v) is 10.9. The van der Waals surface area contributed by atoms with E-state index in [0.717, 1.165) is 22.0 Å². The van der Waals surface area contributed by atoms with Crippen LogP contribution in [0.4, 0.5) is 15.8 Å². The molecule has 0 spiro atoms. The molecule has 1 amide bonds. The number of carbonyl (C=O) groups excluding carboxylic acids is 1.